The highest BCUT2D eigenvalue weighted by Crippen LogP contribution is 2.22. The third-order valence-electron chi connectivity index (χ3n) is 3.39. The van der Waals surface area contributed by atoms with Crippen LogP contribution in [-0.2, 0) is 13.1 Å². The standard InChI is InChI=1S/C16H22ClN3/c1-4-5-9-20-16(17)15(13(3)19-20)11-18-14-8-6-7-12(2)10-14/h6-8,10,18H,4-5,9,11H2,1-3H3. The number of aryl methyl sites for hydroxylation is 3. The predicted molar refractivity (Wildman–Crippen MR) is 85.4 cm³/mol. The third-order valence-corrected chi connectivity index (χ3v) is 3.82. The van der Waals surface area contributed by atoms with E-state index in [9.17, 15) is 0 Å². The van der Waals surface area contributed by atoms with E-state index in [0.29, 0.717) is 6.54 Å². The number of nitrogens with one attached hydrogen (secondary N) is 1. The van der Waals surface area contributed by atoms with Crippen LogP contribution in [0.5, 0.6) is 0 Å². The van der Waals surface area contributed by atoms with Gasteiger partial charge >= 0.3 is 0 Å². The molecular weight excluding hydrogens is 270 g/mol. The summed E-state index contributed by atoms with van der Waals surface area (Å²) in [6.45, 7) is 7.87. The average molecular weight is 292 g/mol. The van der Waals surface area contributed by atoms with Crippen LogP contribution in [0, 0.1) is 13.8 Å². The van der Waals surface area contributed by atoms with Crippen LogP contribution in [0.2, 0.25) is 5.15 Å². The molecule has 0 fully saturated rings. The number of hydrogen-bond donors (Lipinski definition) is 1. The summed E-state index contributed by atoms with van der Waals surface area (Å²) < 4.78 is 1.91. The van der Waals surface area contributed by atoms with Crippen molar-refractivity contribution in [1.82, 2.24) is 9.78 Å². The number of unbranched alkanes of at least 4 members (excludes halogenated alkanes) is 1. The zero-order valence-electron chi connectivity index (χ0n) is 12.4. The van der Waals surface area contributed by atoms with Gasteiger partial charge < -0.3 is 5.32 Å². The quantitative estimate of drug-likeness (QED) is 0.845. The number of benzene rings is 1. The van der Waals surface area contributed by atoms with Crippen molar-refractivity contribution in [3.63, 3.8) is 0 Å². The van der Waals surface area contributed by atoms with Gasteiger partial charge in [-0.3, -0.25) is 4.68 Å². The maximum absolute atomic E-state index is 6.42. The minimum Gasteiger partial charge on any atom is -0.381 e. The molecule has 1 aromatic heterocycles. The Labute approximate surface area is 126 Å². The fourth-order valence-electron chi connectivity index (χ4n) is 2.19. The van der Waals surface area contributed by atoms with Crippen molar-refractivity contribution in [3.8, 4) is 0 Å². The fraction of sp³-hybridized carbons (Fsp3) is 0.438. The van der Waals surface area contributed by atoms with E-state index in [-0.39, 0.29) is 0 Å². The molecule has 0 atom stereocenters. The zero-order valence-corrected chi connectivity index (χ0v) is 13.2. The first-order valence-electron chi connectivity index (χ1n) is 7.14. The molecule has 3 nitrogen and oxygen atoms in total. The Balaban J connectivity index is 2.07. The molecule has 0 aliphatic heterocycles. The number of rotatable bonds is 6. The van der Waals surface area contributed by atoms with Gasteiger partial charge in [0.2, 0.25) is 0 Å². The summed E-state index contributed by atoms with van der Waals surface area (Å²) in [5.41, 5.74) is 4.45. The Kier molecular flexibility index (Phi) is 5.07. The maximum atomic E-state index is 6.42. The first kappa shape index (κ1) is 14.9. The number of aromatic nitrogens is 2. The molecule has 20 heavy (non-hydrogen) atoms. The van der Waals surface area contributed by atoms with E-state index in [1.807, 2.05) is 11.6 Å². The van der Waals surface area contributed by atoms with E-state index in [1.54, 1.807) is 0 Å². The molecule has 0 aliphatic carbocycles. The lowest BCUT2D eigenvalue weighted by molar-refractivity contribution is 0.569. The van der Waals surface area contributed by atoms with Crippen molar-refractivity contribution in [2.24, 2.45) is 0 Å². The van der Waals surface area contributed by atoms with Crippen molar-refractivity contribution in [3.05, 3.63) is 46.2 Å². The molecule has 0 spiro atoms. The molecule has 0 saturated carbocycles. The third kappa shape index (κ3) is 3.54. The number of halogens is 1. The molecule has 1 N–H and O–H groups in total. The SMILES string of the molecule is CCCCn1nc(C)c(CNc2cccc(C)c2)c1Cl. The highest BCUT2D eigenvalue weighted by Gasteiger charge is 2.12. The van der Waals surface area contributed by atoms with Crippen LogP contribution in [-0.4, -0.2) is 9.78 Å². The van der Waals surface area contributed by atoms with Gasteiger partial charge in [0, 0.05) is 24.3 Å². The summed E-state index contributed by atoms with van der Waals surface area (Å²) in [5.74, 6) is 0. The second kappa shape index (κ2) is 6.80. The molecule has 108 valence electrons. The topological polar surface area (TPSA) is 29.9 Å². The van der Waals surface area contributed by atoms with E-state index in [0.717, 1.165) is 41.5 Å². The Bertz CT molecular complexity index is 575. The van der Waals surface area contributed by atoms with Gasteiger partial charge in [-0.05, 0) is 38.0 Å². The van der Waals surface area contributed by atoms with Crippen molar-refractivity contribution >= 4 is 17.3 Å². The molecule has 2 aromatic rings. The van der Waals surface area contributed by atoms with Crippen LogP contribution in [0.4, 0.5) is 5.69 Å². The van der Waals surface area contributed by atoms with Gasteiger partial charge in [0.25, 0.3) is 0 Å². The summed E-state index contributed by atoms with van der Waals surface area (Å²) in [6, 6.07) is 8.34. The minimum atomic E-state index is 0.709. The molecule has 0 unspecified atom stereocenters. The van der Waals surface area contributed by atoms with E-state index in [1.165, 1.54) is 5.56 Å². The summed E-state index contributed by atoms with van der Waals surface area (Å²) in [6.07, 6.45) is 2.25. The normalized spacial score (nSPS) is 10.8. The van der Waals surface area contributed by atoms with Gasteiger partial charge in [0.1, 0.15) is 5.15 Å². The van der Waals surface area contributed by atoms with Crippen molar-refractivity contribution in [1.29, 1.82) is 0 Å². The Morgan fingerprint density at radius 2 is 2.10 bits per heavy atom. The van der Waals surface area contributed by atoms with Gasteiger partial charge in [-0.25, -0.2) is 0 Å². The first-order valence-corrected chi connectivity index (χ1v) is 7.52. The molecule has 0 bridgehead atoms. The molecule has 0 saturated heterocycles. The van der Waals surface area contributed by atoms with Crippen molar-refractivity contribution < 1.29 is 0 Å². The fourth-order valence-corrected chi connectivity index (χ4v) is 2.52. The van der Waals surface area contributed by atoms with Crippen molar-refractivity contribution in [2.45, 2.75) is 46.7 Å². The highest BCUT2D eigenvalue weighted by atomic mass is 35.5. The Morgan fingerprint density at radius 1 is 1.30 bits per heavy atom. The summed E-state index contributed by atoms with van der Waals surface area (Å²) in [5, 5.41) is 8.70. The van der Waals surface area contributed by atoms with Crippen molar-refractivity contribution in [2.75, 3.05) is 5.32 Å². The van der Waals surface area contributed by atoms with Crippen LogP contribution in [0.1, 0.15) is 36.6 Å². The number of hydrogen-bond acceptors (Lipinski definition) is 2. The second-order valence-corrected chi connectivity index (χ2v) is 5.51. The zero-order chi connectivity index (χ0) is 14.5. The molecule has 1 aromatic carbocycles. The van der Waals surface area contributed by atoms with E-state index in [2.05, 4.69) is 48.5 Å². The molecular formula is C16H22ClN3. The van der Waals surface area contributed by atoms with Crippen LogP contribution in [0.3, 0.4) is 0 Å². The van der Waals surface area contributed by atoms with E-state index < -0.39 is 0 Å². The Hall–Kier alpha value is -1.48. The number of nitrogens with zero attached hydrogens (tertiary/aromatic N) is 2. The molecule has 1 heterocycles. The van der Waals surface area contributed by atoms with Crippen LogP contribution >= 0.6 is 11.6 Å². The largest absolute Gasteiger partial charge is 0.381 e. The van der Waals surface area contributed by atoms with Gasteiger partial charge in [-0.15, -0.1) is 0 Å². The average Bonchev–Trinajstić information content (AvgIpc) is 2.69. The lowest BCUT2D eigenvalue weighted by Gasteiger charge is -2.07. The highest BCUT2D eigenvalue weighted by molar-refractivity contribution is 6.30. The maximum Gasteiger partial charge on any atom is 0.132 e. The van der Waals surface area contributed by atoms with Crippen LogP contribution in [0.25, 0.3) is 0 Å². The molecule has 0 aliphatic rings. The van der Waals surface area contributed by atoms with Crippen LogP contribution < -0.4 is 5.32 Å². The van der Waals surface area contributed by atoms with Gasteiger partial charge in [-0.1, -0.05) is 37.1 Å². The molecule has 2 rings (SSSR count). The molecule has 4 heteroatoms. The van der Waals surface area contributed by atoms with Gasteiger partial charge in [0.15, 0.2) is 0 Å². The van der Waals surface area contributed by atoms with Gasteiger partial charge in [0.05, 0.1) is 5.69 Å². The van der Waals surface area contributed by atoms with E-state index >= 15 is 0 Å². The summed E-state index contributed by atoms with van der Waals surface area (Å²) >= 11 is 6.42. The summed E-state index contributed by atoms with van der Waals surface area (Å²) in [7, 11) is 0. The molecule has 0 radical (unpaired) electrons. The monoisotopic (exact) mass is 291 g/mol. The van der Waals surface area contributed by atoms with Crippen LogP contribution in [0.15, 0.2) is 24.3 Å². The predicted octanol–water partition coefficient (Wildman–Crippen LogP) is 4.57. The smallest absolute Gasteiger partial charge is 0.132 e. The van der Waals surface area contributed by atoms with E-state index in [4.69, 9.17) is 11.6 Å². The Morgan fingerprint density at radius 3 is 2.80 bits per heavy atom. The lowest BCUT2D eigenvalue weighted by atomic mass is 10.2. The minimum absolute atomic E-state index is 0.709. The lowest BCUT2D eigenvalue weighted by Crippen LogP contribution is -2.02. The van der Waals surface area contributed by atoms with Gasteiger partial charge in [-0.2, -0.15) is 5.10 Å². The summed E-state index contributed by atoms with van der Waals surface area (Å²) in [4.78, 5) is 0. The number of anilines is 1. The second-order valence-electron chi connectivity index (χ2n) is 5.15. The first-order chi connectivity index (χ1) is 9.61. The molecule has 0 amide bonds.